The van der Waals surface area contributed by atoms with Crippen molar-refractivity contribution >= 4 is 22.4 Å². The van der Waals surface area contributed by atoms with Crippen LogP contribution in [0.4, 0.5) is 5.69 Å². The van der Waals surface area contributed by atoms with Gasteiger partial charge in [-0.2, -0.15) is 0 Å². The number of nitrogens with zero attached hydrogens (tertiary/aromatic N) is 3. The summed E-state index contributed by atoms with van der Waals surface area (Å²) in [6.07, 6.45) is 4.60. The Morgan fingerprint density at radius 1 is 0.913 bits per heavy atom. The van der Waals surface area contributed by atoms with Crippen molar-refractivity contribution in [2.24, 2.45) is 10.4 Å². The van der Waals surface area contributed by atoms with E-state index in [0.717, 1.165) is 29.6 Å². The summed E-state index contributed by atoms with van der Waals surface area (Å²) >= 11 is 0. The van der Waals surface area contributed by atoms with Gasteiger partial charge in [0.1, 0.15) is 11.3 Å². The fraction of sp³-hybridized carbons (Fsp3) is 0.450. The minimum Gasteiger partial charge on any atom is -0.506 e. The number of phenolic OH excluding ortho intramolecular Hbond substituents is 1. The van der Waals surface area contributed by atoms with Crippen LogP contribution in [-0.4, -0.2) is 28.0 Å². The van der Waals surface area contributed by atoms with Gasteiger partial charge in [0, 0.05) is 50.0 Å². The number of pyridine rings is 1. The summed E-state index contributed by atoms with van der Waals surface area (Å²) < 4.78 is 6.27. The number of hydrogen-bond donors (Lipinski definition) is 1. The molecule has 1 aliphatic carbocycles. The largest absolute Gasteiger partial charge is 0.506 e. The molecule has 2 atom stereocenters. The molecule has 246 valence electrons. The molecule has 6 heteroatoms. The quantitative estimate of drug-likeness (QED) is 0.189. The molecule has 5 nitrogen and oxygen atoms in total. The number of phenols is 1. The zero-order valence-corrected chi connectivity index (χ0v) is 30.8. The van der Waals surface area contributed by atoms with E-state index >= 15 is 0 Å². The van der Waals surface area contributed by atoms with E-state index in [0.29, 0.717) is 40.9 Å². The van der Waals surface area contributed by atoms with Gasteiger partial charge < -0.3 is 19.7 Å². The van der Waals surface area contributed by atoms with Crippen LogP contribution < -0.4 is 9.64 Å². The van der Waals surface area contributed by atoms with Crippen LogP contribution in [-0.2, 0) is 21.1 Å². The molecule has 6 rings (SSSR count). The topological polar surface area (TPSA) is 58.0 Å². The van der Waals surface area contributed by atoms with Gasteiger partial charge in [0.25, 0.3) is 0 Å². The van der Waals surface area contributed by atoms with Crippen molar-refractivity contribution in [2.75, 3.05) is 4.90 Å². The number of aromatic hydroxyl groups is 1. The second-order valence-electron chi connectivity index (χ2n) is 14.8. The molecule has 0 saturated heterocycles. The molecule has 4 aromatic rings. The molecule has 1 saturated carbocycles. The van der Waals surface area contributed by atoms with Gasteiger partial charge in [0.2, 0.25) is 5.88 Å². The van der Waals surface area contributed by atoms with E-state index < -0.39 is 0 Å². The summed E-state index contributed by atoms with van der Waals surface area (Å²) in [6.45, 7) is 18.7. The van der Waals surface area contributed by atoms with Crippen LogP contribution in [0.3, 0.4) is 0 Å². The van der Waals surface area contributed by atoms with E-state index in [-0.39, 0.29) is 38.3 Å². The third-order valence-electron chi connectivity index (χ3n) is 9.65. The van der Waals surface area contributed by atoms with E-state index in [1.807, 2.05) is 36.4 Å². The van der Waals surface area contributed by atoms with Gasteiger partial charge in [0.05, 0.1) is 11.9 Å². The fourth-order valence-electron chi connectivity index (χ4n) is 7.18. The number of fused-ring (bicyclic) bond motifs is 2. The molecule has 0 bridgehead atoms. The Balaban J connectivity index is 0.00000417. The molecular formula is C40H48N3O2Pt-. The Hall–Kier alpha value is -3.17. The molecule has 46 heavy (non-hydrogen) atoms. The summed E-state index contributed by atoms with van der Waals surface area (Å²) in [5.74, 6) is 3.31. The van der Waals surface area contributed by atoms with Crippen LogP contribution in [0.25, 0.3) is 10.9 Å². The van der Waals surface area contributed by atoms with Gasteiger partial charge in [0.15, 0.2) is 0 Å². The Morgan fingerprint density at radius 3 is 2.28 bits per heavy atom. The Kier molecular flexibility index (Phi) is 10.0. The summed E-state index contributed by atoms with van der Waals surface area (Å²) in [6, 6.07) is 24.2. The van der Waals surface area contributed by atoms with E-state index in [4.69, 9.17) is 9.73 Å². The van der Waals surface area contributed by atoms with Crippen LogP contribution in [0, 0.1) is 11.5 Å². The third-order valence-corrected chi connectivity index (χ3v) is 9.65. The monoisotopic (exact) mass is 797 g/mol. The summed E-state index contributed by atoms with van der Waals surface area (Å²) in [4.78, 5) is 12.8. The first kappa shape index (κ1) is 34.2. The number of anilines is 1. The maximum Gasteiger partial charge on any atom is 0.217 e. The molecule has 1 aromatic heterocycles. The molecule has 1 fully saturated rings. The summed E-state index contributed by atoms with van der Waals surface area (Å²) in [5.41, 5.74) is 7.23. The Bertz CT molecular complexity index is 1710. The van der Waals surface area contributed by atoms with Crippen molar-refractivity contribution in [1.82, 2.24) is 4.98 Å². The van der Waals surface area contributed by atoms with Crippen LogP contribution in [0.5, 0.6) is 17.4 Å². The van der Waals surface area contributed by atoms with Crippen LogP contribution in [0.15, 0.2) is 65.7 Å². The van der Waals surface area contributed by atoms with Crippen molar-refractivity contribution in [1.29, 1.82) is 0 Å². The average Bonchev–Trinajstić information content (AvgIpc) is 3.25. The smallest absolute Gasteiger partial charge is 0.217 e. The standard InChI is InChI=1S/C40H48N3O2.Pt/c1-24(2)29-21-31(25(3)4)38(32(22-29)26(5)6)43-34-15-11-19-40(7,8)23-33(34)41-39(43)28-13-9-14-30(20-28)45-36-18-17-27-12-10-16-35(44)37(27)42-36;/h9-10,12-14,16-18,21-22,24-26,33-34,44H,11,15,19,23H2,1-8H3;/q-1;/t33-,34+;/m0./s1. The van der Waals surface area contributed by atoms with Crippen molar-refractivity contribution < 1.29 is 30.9 Å². The Morgan fingerprint density at radius 2 is 1.61 bits per heavy atom. The number of ether oxygens (including phenoxy) is 1. The Labute approximate surface area is 289 Å². The summed E-state index contributed by atoms with van der Waals surface area (Å²) in [7, 11) is 0. The first-order valence-electron chi connectivity index (χ1n) is 16.8. The van der Waals surface area contributed by atoms with Gasteiger partial charge in [-0.3, -0.25) is 0 Å². The second-order valence-corrected chi connectivity index (χ2v) is 14.8. The van der Waals surface area contributed by atoms with E-state index in [1.54, 1.807) is 6.07 Å². The van der Waals surface area contributed by atoms with Gasteiger partial charge in [-0.15, -0.1) is 23.8 Å². The van der Waals surface area contributed by atoms with Gasteiger partial charge in [-0.1, -0.05) is 92.1 Å². The number of para-hydroxylation sites is 1. The van der Waals surface area contributed by atoms with Crippen molar-refractivity contribution in [3.63, 3.8) is 0 Å². The van der Waals surface area contributed by atoms with E-state index in [1.165, 1.54) is 35.2 Å². The number of rotatable bonds is 7. The molecule has 0 spiro atoms. The molecule has 1 N–H and O–H groups in total. The van der Waals surface area contributed by atoms with Crippen LogP contribution in [0.2, 0.25) is 0 Å². The first-order chi connectivity index (χ1) is 21.4. The van der Waals surface area contributed by atoms with Gasteiger partial charge in [-0.25, -0.2) is 4.98 Å². The van der Waals surface area contributed by atoms with Crippen molar-refractivity contribution in [2.45, 2.75) is 111 Å². The molecule has 0 unspecified atom stereocenters. The number of amidine groups is 1. The fourth-order valence-corrected chi connectivity index (χ4v) is 7.18. The average molecular weight is 798 g/mol. The first-order valence-corrected chi connectivity index (χ1v) is 16.8. The minimum absolute atomic E-state index is 0. The molecule has 0 amide bonds. The number of aliphatic imine (C=N–C) groups is 1. The van der Waals surface area contributed by atoms with Crippen molar-refractivity contribution in [3.05, 3.63) is 89.0 Å². The molecule has 1 aliphatic heterocycles. The molecule has 3 aromatic carbocycles. The maximum atomic E-state index is 10.4. The van der Waals surface area contributed by atoms with Gasteiger partial charge >= 0.3 is 0 Å². The van der Waals surface area contributed by atoms with Crippen LogP contribution in [0.1, 0.15) is 121 Å². The number of aromatic nitrogens is 1. The summed E-state index contributed by atoms with van der Waals surface area (Å²) in [5, 5.41) is 11.2. The maximum absolute atomic E-state index is 10.4. The minimum atomic E-state index is 0. The predicted molar refractivity (Wildman–Crippen MR) is 186 cm³/mol. The molecule has 2 heterocycles. The van der Waals surface area contributed by atoms with E-state index in [9.17, 15) is 5.11 Å². The van der Waals surface area contributed by atoms with Crippen LogP contribution >= 0.6 is 0 Å². The zero-order chi connectivity index (χ0) is 32.0. The van der Waals surface area contributed by atoms with Gasteiger partial charge in [-0.05, 0) is 71.3 Å². The van der Waals surface area contributed by atoms with Crippen molar-refractivity contribution in [3.8, 4) is 17.4 Å². The number of hydrogen-bond acceptors (Lipinski definition) is 5. The molecule has 0 radical (unpaired) electrons. The van der Waals surface area contributed by atoms with E-state index in [2.05, 4.69) is 89.5 Å². The second kappa shape index (κ2) is 13.5. The normalized spacial score (nSPS) is 19.3. The third kappa shape index (κ3) is 6.77. The molecular weight excluding hydrogens is 750 g/mol. The number of benzene rings is 3. The zero-order valence-electron chi connectivity index (χ0n) is 28.5. The predicted octanol–water partition coefficient (Wildman–Crippen LogP) is 10.5. The SMILES string of the molecule is CC(C)c1cc(C(C)C)c(N2C(c3[c-]c(Oc4ccc5cccc(O)c5n4)ccc3)=N[C@H]3CC(C)(C)CCC[C@H]32)c(C(C)C)c1.[Pt]. The molecule has 2 aliphatic rings.